The quantitative estimate of drug-likeness (QED) is 0.766. The van der Waals surface area contributed by atoms with E-state index in [1.54, 1.807) is 17.4 Å². The van der Waals surface area contributed by atoms with Crippen molar-refractivity contribution in [1.29, 1.82) is 0 Å². The Balaban J connectivity index is 2.27. The number of cyclic esters (lactones) is 1. The van der Waals surface area contributed by atoms with Crippen LogP contribution in [0.4, 0.5) is 4.79 Å². The van der Waals surface area contributed by atoms with Gasteiger partial charge >= 0.3 is 6.09 Å². The van der Waals surface area contributed by atoms with Crippen LogP contribution in [0.15, 0.2) is 12.5 Å². The van der Waals surface area contributed by atoms with Crippen molar-refractivity contribution < 1.29 is 9.53 Å². The number of aryl methyl sites for hydroxylation is 1. The molecule has 1 saturated heterocycles. The fourth-order valence-electron chi connectivity index (χ4n) is 2.21. The van der Waals surface area contributed by atoms with Gasteiger partial charge in [-0.3, -0.25) is 4.90 Å². The van der Waals surface area contributed by atoms with Gasteiger partial charge in [-0.25, -0.2) is 9.78 Å². The predicted octanol–water partition coefficient (Wildman–Crippen LogP) is 1.71. The lowest BCUT2D eigenvalue weighted by atomic mass is 10.1. The number of rotatable bonds is 2. The monoisotopic (exact) mass is 223 g/mol. The normalized spacial score (nSPS) is 25.3. The second-order valence-corrected chi connectivity index (χ2v) is 4.48. The molecular weight excluding hydrogens is 206 g/mol. The van der Waals surface area contributed by atoms with E-state index >= 15 is 0 Å². The number of nitrogens with zero attached hydrogens (tertiary/aromatic N) is 3. The van der Waals surface area contributed by atoms with Crippen molar-refractivity contribution in [3.8, 4) is 0 Å². The summed E-state index contributed by atoms with van der Waals surface area (Å²) >= 11 is 0. The Hall–Kier alpha value is -1.52. The molecule has 0 saturated carbocycles. The van der Waals surface area contributed by atoms with Crippen molar-refractivity contribution in [2.45, 2.75) is 39.0 Å². The Morgan fingerprint density at radius 2 is 2.19 bits per heavy atom. The average molecular weight is 223 g/mol. The molecule has 1 aliphatic rings. The van der Waals surface area contributed by atoms with Gasteiger partial charge in [0.05, 0.1) is 24.3 Å². The number of ether oxygens (including phenoxy) is 1. The maximum absolute atomic E-state index is 11.7. The number of carbonyl (C=O) groups excluding carboxylic acids is 1. The fraction of sp³-hybridized carbons (Fsp3) is 0.636. The van der Waals surface area contributed by atoms with E-state index in [-0.39, 0.29) is 24.3 Å². The smallest absolute Gasteiger partial charge is 0.411 e. The molecule has 0 bridgehead atoms. The molecule has 5 nitrogen and oxygen atoms in total. The minimum absolute atomic E-state index is 0.0444. The van der Waals surface area contributed by atoms with Crippen LogP contribution in [0.1, 0.15) is 32.6 Å². The van der Waals surface area contributed by atoms with E-state index in [0.717, 1.165) is 5.69 Å². The zero-order valence-electron chi connectivity index (χ0n) is 10.0. The molecule has 1 fully saturated rings. The standard InChI is InChI=1S/C11H17N3O2/c1-7(2)14-8(3)10(16-11(14)15)9-5-12-6-13(9)4/h5-8,10H,1-4H3/t8-,10-/m0/s1. The predicted molar refractivity (Wildman–Crippen MR) is 58.9 cm³/mol. The Labute approximate surface area is 95.0 Å². The largest absolute Gasteiger partial charge is 0.437 e. The molecule has 0 N–H and O–H groups in total. The molecule has 2 rings (SSSR count). The molecule has 1 aliphatic heterocycles. The Morgan fingerprint density at radius 3 is 2.62 bits per heavy atom. The van der Waals surface area contributed by atoms with Crippen LogP contribution in [-0.4, -0.2) is 32.6 Å². The molecule has 88 valence electrons. The first-order chi connectivity index (χ1) is 7.52. The lowest BCUT2D eigenvalue weighted by Crippen LogP contribution is -2.37. The highest BCUT2D eigenvalue weighted by atomic mass is 16.6. The molecule has 0 aromatic carbocycles. The van der Waals surface area contributed by atoms with Gasteiger partial charge in [-0.1, -0.05) is 0 Å². The summed E-state index contributed by atoms with van der Waals surface area (Å²) in [6, 6.07) is 0.198. The van der Waals surface area contributed by atoms with Crippen molar-refractivity contribution in [1.82, 2.24) is 14.5 Å². The van der Waals surface area contributed by atoms with Gasteiger partial charge in [0.1, 0.15) is 0 Å². The first-order valence-electron chi connectivity index (χ1n) is 5.47. The maximum atomic E-state index is 11.7. The van der Waals surface area contributed by atoms with Gasteiger partial charge in [0, 0.05) is 13.1 Å². The fourth-order valence-corrected chi connectivity index (χ4v) is 2.21. The van der Waals surface area contributed by atoms with Crippen LogP contribution in [0.25, 0.3) is 0 Å². The Morgan fingerprint density at radius 1 is 1.50 bits per heavy atom. The van der Waals surface area contributed by atoms with Crippen LogP contribution in [0, 0.1) is 0 Å². The van der Waals surface area contributed by atoms with Crippen molar-refractivity contribution in [3.63, 3.8) is 0 Å². The molecule has 0 unspecified atom stereocenters. The van der Waals surface area contributed by atoms with E-state index < -0.39 is 0 Å². The van der Waals surface area contributed by atoms with E-state index in [0.29, 0.717) is 0 Å². The summed E-state index contributed by atoms with van der Waals surface area (Å²) in [5, 5.41) is 0. The zero-order chi connectivity index (χ0) is 11.9. The van der Waals surface area contributed by atoms with Gasteiger partial charge in [-0.05, 0) is 20.8 Å². The van der Waals surface area contributed by atoms with Gasteiger partial charge in [-0.2, -0.15) is 0 Å². The number of imidazole rings is 1. The van der Waals surface area contributed by atoms with Crippen LogP contribution < -0.4 is 0 Å². The van der Waals surface area contributed by atoms with Crippen LogP contribution in [0.2, 0.25) is 0 Å². The summed E-state index contributed by atoms with van der Waals surface area (Å²) in [7, 11) is 1.90. The van der Waals surface area contributed by atoms with Crippen molar-refractivity contribution >= 4 is 6.09 Å². The van der Waals surface area contributed by atoms with E-state index in [4.69, 9.17) is 4.74 Å². The summed E-state index contributed by atoms with van der Waals surface area (Å²) in [4.78, 5) is 17.5. The molecule has 0 aliphatic carbocycles. The first kappa shape index (κ1) is 11.0. The van der Waals surface area contributed by atoms with E-state index in [1.807, 2.05) is 32.4 Å². The second-order valence-electron chi connectivity index (χ2n) is 4.48. The van der Waals surface area contributed by atoms with Crippen LogP contribution in [-0.2, 0) is 11.8 Å². The summed E-state index contributed by atoms with van der Waals surface area (Å²) in [5.41, 5.74) is 0.934. The number of carbonyl (C=O) groups is 1. The number of amides is 1. The summed E-state index contributed by atoms with van der Waals surface area (Å²) in [5.74, 6) is 0. The van der Waals surface area contributed by atoms with Crippen molar-refractivity contribution in [2.24, 2.45) is 7.05 Å². The summed E-state index contributed by atoms with van der Waals surface area (Å²) < 4.78 is 7.29. The van der Waals surface area contributed by atoms with E-state index in [2.05, 4.69) is 4.98 Å². The number of hydrogen-bond acceptors (Lipinski definition) is 3. The van der Waals surface area contributed by atoms with Gasteiger partial charge in [0.2, 0.25) is 0 Å². The van der Waals surface area contributed by atoms with Crippen LogP contribution >= 0.6 is 0 Å². The van der Waals surface area contributed by atoms with Gasteiger partial charge < -0.3 is 9.30 Å². The highest BCUT2D eigenvalue weighted by Gasteiger charge is 2.41. The molecule has 1 aromatic heterocycles. The molecule has 0 spiro atoms. The van der Waals surface area contributed by atoms with Gasteiger partial charge in [0.25, 0.3) is 0 Å². The minimum Gasteiger partial charge on any atom is -0.437 e. The zero-order valence-corrected chi connectivity index (χ0v) is 10.0. The highest BCUT2D eigenvalue weighted by Crippen LogP contribution is 2.32. The Kier molecular flexibility index (Phi) is 2.61. The molecule has 0 radical (unpaired) electrons. The molecule has 2 heterocycles. The Bertz CT molecular complexity index is 400. The lowest BCUT2D eigenvalue weighted by Gasteiger charge is -2.24. The molecule has 1 amide bonds. The highest BCUT2D eigenvalue weighted by molar-refractivity contribution is 5.71. The number of aromatic nitrogens is 2. The first-order valence-corrected chi connectivity index (χ1v) is 5.47. The SMILES string of the molecule is CC(C)N1C(=O)O[C@H](c2cncn2C)[C@@H]1C. The van der Waals surface area contributed by atoms with Crippen molar-refractivity contribution in [3.05, 3.63) is 18.2 Å². The topological polar surface area (TPSA) is 47.4 Å². The van der Waals surface area contributed by atoms with Gasteiger partial charge in [0.15, 0.2) is 6.10 Å². The van der Waals surface area contributed by atoms with Crippen molar-refractivity contribution in [2.75, 3.05) is 0 Å². The lowest BCUT2D eigenvalue weighted by molar-refractivity contribution is 0.126. The third-order valence-electron chi connectivity index (χ3n) is 3.02. The molecule has 16 heavy (non-hydrogen) atoms. The second kappa shape index (κ2) is 3.81. The van der Waals surface area contributed by atoms with Gasteiger partial charge in [-0.15, -0.1) is 0 Å². The number of hydrogen-bond donors (Lipinski definition) is 0. The molecule has 1 aromatic rings. The maximum Gasteiger partial charge on any atom is 0.411 e. The van der Waals surface area contributed by atoms with E-state index in [1.165, 1.54) is 0 Å². The van der Waals surface area contributed by atoms with Crippen LogP contribution in [0.5, 0.6) is 0 Å². The van der Waals surface area contributed by atoms with Crippen LogP contribution in [0.3, 0.4) is 0 Å². The third kappa shape index (κ3) is 1.56. The summed E-state index contributed by atoms with van der Waals surface area (Å²) in [6.45, 7) is 5.98. The average Bonchev–Trinajstić information content (AvgIpc) is 2.70. The summed E-state index contributed by atoms with van der Waals surface area (Å²) in [6.07, 6.45) is 3.00. The molecule has 5 heteroatoms. The minimum atomic E-state index is -0.242. The molecular formula is C11H17N3O2. The third-order valence-corrected chi connectivity index (χ3v) is 3.02. The molecule has 2 atom stereocenters. The van der Waals surface area contributed by atoms with E-state index in [9.17, 15) is 4.79 Å².